The number of carbonyl (C=O) groups is 3. The number of rotatable bonds is 6. The van der Waals surface area contributed by atoms with Crippen molar-refractivity contribution in [3.8, 4) is 0 Å². The van der Waals surface area contributed by atoms with Gasteiger partial charge in [-0.1, -0.05) is 11.8 Å². The molecule has 0 radical (unpaired) electrons. The predicted octanol–water partition coefficient (Wildman–Crippen LogP) is 0.298. The molecule has 0 aliphatic carbocycles. The summed E-state index contributed by atoms with van der Waals surface area (Å²) >= 11 is 1.34. The summed E-state index contributed by atoms with van der Waals surface area (Å²) < 4.78 is 26.7. The summed E-state index contributed by atoms with van der Waals surface area (Å²) in [6.07, 6.45) is -2.56. The first kappa shape index (κ1) is 19.7. The molecule has 2 aliphatic rings. The molecular formula is C15H21NO8S. The molecular weight excluding hydrogens is 354 g/mol. The van der Waals surface area contributed by atoms with Crippen LogP contribution in [0.1, 0.15) is 20.8 Å². The number of carbonyl (C=O) groups excluding carboxylic acids is 3. The number of aliphatic imine (C=N–C) groups is 1. The van der Waals surface area contributed by atoms with E-state index in [1.165, 1.54) is 32.5 Å². The van der Waals surface area contributed by atoms with Crippen molar-refractivity contribution in [2.45, 2.75) is 50.6 Å². The van der Waals surface area contributed by atoms with Gasteiger partial charge in [0.25, 0.3) is 0 Å². The van der Waals surface area contributed by atoms with E-state index < -0.39 is 47.7 Å². The highest BCUT2D eigenvalue weighted by Crippen LogP contribution is 2.39. The summed E-state index contributed by atoms with van der Waals surface area (Å²) in [6, 6.07) is -0.544. The second-order valence-electron chi connectivity index (χ2n) is 5.56. The number of methoxy groups -OCH3 is 1. The maximum Gasteiger partial charge on any atom is 0.303 e. The summed E-state index contributed by atoms with van der Waals surface area (Å²) in [4.78, 5) is 38.6. The third-order valence-corrected chi connectivity index (χ3v) is 4.60. The van der Waals surface area contributed by atoms with Crippen molar-refractivity contribution in [2.75, 3.05) is 20.3 Å². The molecule has 2 heterocycles. The second-order valence-corrected chi connectivity index (χ2v) is 6.73. The number of nitrogens with zero attached hydrogens (tertiary/aromatic N) is 1. The molecule has 0 N–H and O–H groups in total. The Bertz CT molecular complexity index is 566. The number of thioether (sulfide) groups is 1. The summed E-state index contributed by atoms with van der Waals surface area (Å²) in [7, 11) is 1.54. The quantitative estimate of drug-likeness (QED) is 0.478. The van der Waals surface area contributed by atoms with E-state index in [2.05, 4.69) is 4.99 Å². The molecule has 0 spiro atoms. The minimum atomic E-state index is -0.937. The minimum absolute atomic E-state index is 0.131. The molecule has 1 saturated heterocycles. The van der Waals surface area contributed by atoms with Crippen LogP contribution in [-0.2, 0) is 38.1 Å². The Balaban J connectivity index is 2.27. The third kappa shape index (κ3) is 5.16. The lowest BCUT2D eigenvalue weighted by atomic mass is 9.98. The average molecular weight is 375 g/mol. The molecule has 5 atom stereocenters. The van der Waals surface area contributed by atoms with Crippen LogP contribution in [0.4, 0.5) is 0 Å². The van der Waals surface area contributed by atoms with Crippen molar-refractivity contribution in [1.82, 2.24) is 0 Å². The van der Waals surface area contributed by atoms with Crippen LogP contribution in [0.3, 0.4) is 0 Å². The fourth-order valence-corrected chi connectivity index (χ4v) is 3.83. The van der Waals surface area contributed by atoms with Gasteiger partial charge >= 0.3 is 17.9 Å². The largest absolute Gasteiger partial charge is 0.463 e. The molecule has 0 saturated carbocycles. The van der Waals surface area contributed by atoms with Crippen LogP contribution in [0, 0.1) is 0 Å². The van der Waals surface area contributed by atoms with E-state index in [9.17, 15) is 14.4 Å². The van der Waals surface area contributed by atoms with Crippen LogP contribution >= 0.6 is 11.8 Å². The fraction of sp³-hybridized carbons (Fsp3) is 0.733. The molecule has 2 aliphatic heterocycles. The lowest BCUT2D eigenvalue weighted by molar-refractivity contribution is -0.208. The minimum Gasteiger partial charge on any atom is -0.463 e. The highest BCUT2D eigenvalue weighted by molar-refractivity contribution is 8.14. The number of ether oxygens (including phenoxy) is 5. The Hall–Kier alpha value is -1.65. The van der Waals surface area contributed by atoms with Gasteiger partial charge in [0.1, 0.15) is 24.2 Å². The standard InChI is InChI=1S/C15H21NO8S/c1-7(17)21-5-10-13(22-8(2)18)14(23-9(3)19)12-15(24-10)25-11(16-12)6-20-4/h10,12-15H,5-6H2,1-4H3/t10-,12+,13-,14-,15?/m1/s1. The third-order valence-electron chi connectivity index (χ3n) is 3.48. The number of esters is 3. The van der Waals surface area contributed by atoms with Crippen molar-refractivity contribution in [2.24, 2.45) is 4.99 Å². The zero-order chi connectivity index (χ0) is 18.6. The lowest BCUT2D eigenvalue weighted by Crippen LogP contribution is -2.59. The molecule has 0 amide bonds. The molecule has 1 unspecified atom stereocenters. The molecule has 0 aromatic rings. The second kappa shape index (κ2) is 8.63. The maximum absolute atomic E-state index is 11.5. The van der Waals surface area contributed by atoms with Crippen LogP contribution < -0.4 is 0 Å². The van der Waals surface area contributed by atoms with E-state index in [0.29, 0.717) is 11.7 Å². The van der Waals surface area contributed by atoms with Crippen molar-refractivity contribution in [3.63, 3.8) is 0 Å². The van der Waals surface area contributed by atoms with Crippen LogP contribution in [0.15, 0.2) is 4.99 Å². The Morgan fingerprint density at radius 2 is 1.72 bits per heavy atom. The van der Waals surface area contributed by atoms with Crippen LogP contribution in [-0.4, -0.2) is 73.1 Å². The Morgan fingerprint density at radius 3 is 2.28 bits per heavy atom. The number of fused-ring (bicyclic) bond motifs is 1. The zero-order valence-corrected chi connectivity index (χ0v) is 15.2. The Kier molecular flexibility index (Phi) is 6.79. The van der Waals surface area contributed by atoms with Crippen LogP contribution in [0.5, 0.6) is 0 Å². The first-order valence-corrected chi connectivity index (χ1v) is 8.55. The molecule has 25 heavy (non-hydrogen) atoms. The summed E-state index contributed by atoms with van der Waals surface area (Å²) in [5.74, 6) is -1.59. The first-order valence-electron chi connectivity index (χ1n) is 7.67. The first-order chi connectivity index (χ1) is 11.8. The predicted molar refractivity (Wildman–Crippen MR) is 87.1 cm³/mol. The van der Waals surface area contributed by atoms with Crippen molar-refractivity contribution < 1.29 is 38.1 Å². The summed E-state index contributed by atoms with van der Waals surface area (Å²) in [5, 5.41) is 0.685. The van der Waals surface area contributed by atoms with Crippen molar-refractivity contribution >= 4 is 34.7 Å². The molecule has 10 heteroatoms. The topological polar surface area (TPSA) is 110 Å². The molecule has 0 aromatic heterocycles. The molecule has 0 aromatic carbocycles. The highest BCUT2D eigenvalue weighted by Gasteiger charge is 2.53. The van der Waals surface area contributed by atoms with Gasteiger partial charge in [-0.3, -0.25) is 19.4 Å². The molecule has 140 valence electrons. The van der Waals surface area contributed by atoms with Gasteiger partial charge in [-0.15, -0.1) is 0 Å². The number of hydrogen-bond acceptors (Lipinski definition) is 10. The normalized spacial score (nSPS) is 30.9. The van der Waals surface area contributed by atoms with E-state index in [-0.39, 0.29) is 6.61 Å². The van der Waals surface area contributed by atoms with Gasteiger partial charge in [0.15, 0.2) is 12.2 Å². The van der Waals surface area contributed by atoms with Gasteiger partial charge in [-0.05, 0) is 0 Å². The SMILES string of the molecule is COCC1=N[C@@H]2C(O[C@H](COC(C)=O)[C@@H](OC(C)=O)[C@@H]2OC(C)=O)S1. The van der Waals surface area contributed by atoms with Gasteiger partial charge in [0.2, 0.25) is 0 Å². The van der Waals surface area contributed by atoms with E-state index >= 15 is 0 Å². The lowest BCUT2D eigenvalue weighted by Gasteiger charge is -2.41. The van der Waals surface area contributed by atoms with Gasteiger partial charge < -0.3 is 23.7 Å². The van der Waals surface area contributed by atoms with Gasteiger partial charge in [0.05, 0.1) is 11.7 Å². The van der Waals surface area contributed by atoms with Crippen molar-refractivity contribution in [3.05, 3.63) is 0 Å². The zero-order valence-electron chi connectivity index (χ0n) is 14.4. The molecule has 9 nitrogen and oxygen atoms in total. The molecule has 2 rings (SSSR count). The van der Waals surface area contributed by atoms with Gasteiger partial charge in [-0.25, -0.2) is 0 Å². The van der Waals surface area contributed by atoms with E-state index in [4.69, 9.17) is 23.7 Å². The average Bonchev–Trinajstić information content (AvgIpc) is 2.89. The van der Waals surface area contributed by atoms with Gasteiger partial charge in [0, 0.05) is 27.9 Å². The van der Waals surface area contributed by atoms with E-state index in [1.54, 1.807) is 7.11 Å². The molecule has 1 fully saturated rings. The van der Waals surface area contributed by atoms with Gasteiger partial charge in [-0.2, -0.15) is 0 Å². The molecule has 0 bridgehead atoms. The van der Waals surface area contributed by atoms with E-state index in [1.807, 2.05) is 0 Å². The van der Waals surface area contributed by atoms with Crippen LogP contribution in [0.25, 0.3) is 0 Å². The fourth-order valence-electron chi connectivity index (χ4n) is 2.64. The number of hydrogen-bond donors (Lipinski definition) is 0. The van der Waals surface area contributed by atoms with Crippen molar-refractivity contribution in [1.29, 1.82) is 0 Å². The summed E-state index contributed by atoms with van der Waals surface area (Å²) in [6.45, 7) is 3.93. The highest BCUT2D eigenvalue weighted by atomic mass is 32.2. The summed E-state index contributed by atoms with van der Waals surface area (Å²) in [5.41, 5.74) is -0.457. The maximum atomic E-state index is 11.5. The smallest absolute Gasteiger partial charge is 0.303 e. The van der Waals surface area contributed by atoms with Crippen LogP contribution in [0.2, 0.25) is 0 Å². The Labute approximate surface area is 149 Å². The van der Waals surface area contributed by atoms with E-state index in [0.717, 1.165) is 0 Å². The Morgan fingerprint density at radius 1 is 1.08 bits per heavy atom. The monoisotopic (exact) mass is 375 g/mol.